The zero-order chi connectivity index (χ0) is 14.7. The highest BCUT2D eigenvalue weighted by Gasteiger charge is 2.12. The first-order valence-corrected chi connectivity index (χ1v) is 6.99. The van der Waals surface area contributed by atoms with Gasteiger partial charge in [-0.1, -0.05) is 30.7 Å². The lowest BCUT2D eigenvalue weighted by molar-refractivity contribution is 0.173. The highest BCUT2D eigenvalue weighted by atomic mass is 35.5. The van der Waals surface area contributed by atoms with E-state index in [9.17, 15) is 5.11 Å². The maximum atomic E-state index is 9.73. The topological polar surface area (TPSA) is 47.3 Å². The quantitative estimate of drug-likeness (QED) is 0.919. The average molecular weight is 295 g/mol. The minimum Gasteiger partial charge on any atom is -0.489 e. The molecule has 1 atom stereocenters. The first kappa shape index (κ1) is 14.9. The van der Waals surface area contributed by atoms with Gasteiger partial charge in [-0.2, -0.15) is 5.10 Å². The van der Waals surface area contributed by atoms with E-state index in [2.05, 4.69) is 5.10 Å². The van der Waals surface area contributed by atoms with Crippen molar-refractivity contribution in [1.29, 1.82) is 0 Å². The Hall–Kier alpha value is -1.52. The zero-order valence-electron chi connectivity index (χ0n) is 11.9. The molecule has 0 fully saturated rings. The summed E-state index contributed by atoms with van der Waals surface area (Å²) in [6.07, 6.45) is 0.282. The van der Waals surface area contributed by atoms with Crippen LogP contribution in [0.5, 0.6) is 5.75 Å². The molecule has 2 rings (SSSR count). The molecule has 4 nitrogen and oxygen atoms in total. The van der Waals surface area contributed by atoms with Gasteiger partial charge in [0.05, 0.1) is 11.8 Å². The summed E-state index contributed by atoms with van der Waals surface area (Å²) in [5, 5.41) is 14.6. The molecule has 0 amide bonds. The van der Waals surface area contributed by atoms with Gasteiger partial charge in [-0.25, -0.2) is 0 Å². The first-order valence-electron chi connectivity index (χ1n) is 6.61. The van der Waals surface area contributed by atoms with E-state index in [1.54, 1.807) is 11.7 Å². The van der Waals surface area contributed by atoms with Gasteiger partial charge in [0.15, 0.2) is 0 Å². The molecule has 1 N–H and O–H groups in total. The second-order valence-electron chi connectivity index (χ2n) is 4.76. The Morgan fingerprint density at radius 3 is 2.50 bits per heavy atom. The van der Waals surface area contributed by atoms with Crippen LogP contribution in [0.4, 0.5) is 0 Å². The van der Waals surface area contributed by atoms with Crippen molar-refractivity contribution in [3.63, 3.8) is 0 Å². The van der Waals surface area contributed by atoms with Crippen molar-refractivity contribution in [1.82, 2.24) is 9.78 Å². The highest BCUT2D eigenvalue weighted by Crippen LogP contribution is 2.23. The SMILES string of the molecule is CC[C@@H](O)c1ccc(OCc2c(C)nn(C)c2Cl)cc1. The van der Waals surface area contributed by atoms with Crippen LogP contribution in [0, 0.1) is 6.92 Å². The molecule has 1 aromatic heterocycles. The summed E-state index contributed by atoms with van der Waals surface area (Å²) in [7, 11) is 1.81. The van der Waals surface area contributed by atoms with Gasteiger partial charge in [-0.05, 0) is 31.0 Å². The second kappa shape index (κ2) is 6.29. The summed E-state index contributed by atoms with van der Waals surface area (Å²) in [4.78, 5) is 0. The summed E-state index contributed by atoms with van der Waals surface area (Å²) in [5.74, 6) is 0.747. The Bertz CT molecular complexity index is 578. The lowest BCUT2D eigenvalue weighted by Gasteiger charge is -2.10. The molecule has 1 heterocycles. The van der Waals surface area contributed by atoms with Gasteiger partial charge in [-0.3, -0.25) is 4.68 Å². The monoisotopic (exact) mass is 294 g/mol. The molecule has 5 heteroatoms. The van der Waals surface area contributed by atoms with E-state index in [1.165, 1.54) is 0 Å². The van der Waals surface area contributed by atoms with Gasteiger partial charge in [0.2, 0.25) is 0 Å². The summed E-state index contributed by atoms with van der Waals surface area (Å²) >= 11 is 6.15. The number of benzene rings is 1. The van der Waals surface area contributed by atoms with Crippen LogP contribution in [0.15, 0.2) is 24.3 Å². The predicted octanol–water partition coefficient (Wildman–Crippen LogP) is 3.40. The lowest BCUT2D eigenvalue weighted by atomic mass is 10.1. The number of aromatic nitrogens is 2. The van der Waals surface area contributed by atoms with Crippen LogP contribution >= 0.6 is 11.6 Å². The van der Waals surface area contributed by atoms with Crippen molar-refractivity contribution >= 4 is 11.6 Å². The van der Waals surface area contributed by atoms with E-state index in [0.717, 1.165) is 22.6 Å². The van der Waals surface area contributed by atoms with Crippen LogP contribution < -0.4 is 4.74 Å². The van der Waals surface area contributed by atoms with Crippen molar-refractivity contribution in [2.45, 2.75) is 33.0 Å². The second-order valence-corrected chi connectivity index (χ2v) is 5.12. The molecule has 0 saturated carbocycles. The van der Waals surface area contributed by atoms with Gasteiger partial charge < -0.3 is 9.84 Å². The molecule has 0 aliphatic rings. The number of hydrogen-bond donors (Lipinski definition) is 1. The number of ether oxygens (including phenoxy) is 1. The highest BCUT2D eigenvalue weighted by molar-refractivity contribution is 6.30. The van der Waals surface area contributed by atoms with E-state index in [1.807, 2.05) is 38.1 Å². The Morgan fingerprint density at radius 1 is 1.35 bits per heavy atom. The van der Waals surface area contributed by atoms with E-state index in [4.69, 9.17) is 16.3 Å². The van der Waals surface area contributed by atoms with E-state index < -0.39 is 6.10 Å². The molecule has 0 bridgehead atoms. The van der Waals surface area contributed by atoms with Crippen LogP contribution in [-0.2, 0) is 13.7 Å². The predicted molar refractivity (Wildman–Crippen MR) is 79.0 cm³/mol. The number of aliphatic hydroxyl groups is 1. The van der Waals surface area contributed by atoms with Crippen molar-refractivity contribution < 1.29 is 9.84 Å². The summed E-state index contributed by atoms with van der Waals surface area (Å²) in [6, 6.07) is 7.46. The largest absolute Gasteiger partial charge is 0.489 e. The van der Waals surface area contributed by atoms with Crippen LogP contribution in [0.25, 0.3) is 0 Å². The molecule has 0 spiro atoms. The summed E-state index contributed by atoms with van der Waals surface area (Å²) < 4.78 is 7.35. The van der Waals surface area contributed by atoms with Crippen LogP contribution in [0.2, 0.25) is 5.15 Å². The van der Waals surface area contributed by atoms with Crippen LogP contribution in [0.1, 0.15) is 36.3 Å². The van der Waals surface area contributed by atoms with E-state index >= 15 is 0 Å². The third-order valence-corrected chi connectivity index (χ3v) is 3.78. The molecule has 20 heavy (non-hydrogen) atoms. The fourth-order valence-corrected chi connectivity index (χ4v) is 2.24. The third kappa shape index (κ3) is 3.14. The van der Waals surface area contributed by atoms with Crippen molar-refractivity contribution in [2.75, 3.05) is 0 Å². The first-order chi connectivity index (χ1) is 9.52. The Labute approximate surface area is 123 Å². The standard InChI is InChI=1S/C15H19ClN2O2/c1-4-14(19)11-5-7-12(8-6-11)20-9-13-10(2)17-18(3)15(13)16/h5-8,14,19H,4,9H2,1-3H3/t14-/m1/s1. The van der Waals surface area contributed by atoms with Crippen molar-refractivity contribution in [3.8, 4) is 5.75 Å². The molecule has 0 aliphatic carbocycles. The van der Waals surface area contributed by atoms with Gasteiger partial charge in [0.1, 0.15) is 17.5 Å². The third-order valence-electron chi connectivity index (χ3n) is 3.30. The normalized spacial score (nSPS) is 12.4. The molecule has 0 aliphatic heterocycles. The van der Waals surface area contributed by atoms with Gasteiger partial charge in [0, 0.05) is 12.6 Å². The van der Waals surface area contributed by atoms with Gasteiger partial charge in [0.25, 0.3) is 0 Å². The fraction of sp³-hybridized carbons (Fsp3) is 0.400. The maximum absolute atomic E-state index is 9.73. The molecule has 108 valence electrons. The van der Waals surface area contributed by atoms with Crippen molar-refractivity contribution in [2.24, 2.45) is 7.05 Å². The molecule has 0 radical (unpaired) electrons. The Kier molecular flexibility index (Phi) is 4.68. The van der Waals surface area contributed by atoms with E-state index in [-0.39, 0.29) is 0 Å². The fourth-order valence-electron chi connectivity index (χ4n) is 2.02. The summed E-state index contributed by atoms with van der Waals surface area (Å²) in [5.41, 5.74) is 2.66. The molecule has 1 aromatic carbocycles. The number of aliphatic hydroxyl groups excluding tert-OH is 1. The Balaban J connectivity index is 2.04. The Morgan fingerprint density at radius 2 is 2.00 bits per heavy atom. The summed E-state index contributed by atoms with van der Waals surface area (Å²) in [6.45, 7) is 4.24. The molecule has 0 saturated heterocycles. The van der Waals surface area contributed by atoms with Gasteiger partial charge >= 0.3 is 0 Å². The maximum Gasteiger partial charge on any atom is 0.133 e. The number of rotatable bonds is 5. The number of nitrogens with zero attached hydrogens (tertiary/aromatic N) is 2. The molecule has 0 unspecified atom stereocenters. The molecular weight excluding hydrogens is 276 g/mol. The number of aryl methyl sites for hydroxylation is 2. The van der Waals surface area contributed by atoms with Crippen LogP contribution in [-0.4, -0.2) is 14.9 Å². The van der Waals surface area contributed by atoms with E-state index in [0.29, 0.717) is 18.2 Å². The van der Waals surface area contributed by atoms with Crippen LogP contribution in [0.3, 0.4) is 0 Å². The lowest BCUT2D eigenvalue weighted by Crippen LogP contribution is -1.98. The minimum absolute atomic E-state index is 0.383. The number of hydrogen-bond acceptors (Lipinski definition) is 3. The molecular formula is C15H19ClN2O2. The zero-order valence-corrected chi connectivity index (χ0v) is 12.7. The average Bonchev–Trinajstić information content (AvgIpc) is 2.70. The van der Waals surface area contributed by atoms with Crippen molar-refractivity contribution in [3.05, 3.63) is 46.2 Å². The number of halogens is 1. The smallest absolute Gasteiger partial charge is 0.133 e. The minimum atomic E-state index is -0.418. The van der Waals surface area contributed by atoms with Gasteiger partial charge in [-0.15, -0.1) is 0 Å². The molecule has 2 aromatic rings.